The van der Waals surface area contributed by atoms with Crippen molar-refractivity contribution in [1.29, 1.82) is 0 Å². The molecule has 1 aliphatic heterocycles. The van der Waals surface area contributed by atoms with Crippen LogP contribution in [0.3, 0.4) is 0 Å². The van der Waals surface area contributed by atoms with Gasteiger partial charge < -0.3 is 16.0 Å². The Morgan fingerprint density at radius 3 is 3.05 bits per heavy atom. The van der Waals surface area contributed by atoms with Gasteiger partial charge in [-0.05, 0) is 25.1 Å². The van der Waals surface area contributed by atoms with E-state index in [1.54, 1.807) is 18.6 Å². The van der Waals surface area contributed by atoms with Crippen LogP contribution in [0.25, 0.3) is 5.52 Å². The predicted octanol–water partition coefficient (Wildman–Crippen LogP) is 1.64. The van der Waals surface area contributed by atoms with Gasteiger partial charge in [-0.1, -0.05) is 6.07 Å². The summed E-state index contributed by atoms with van der Waals surface area (Å²) in [5.41, 5.74) is 1.91. The highest BCUT2D eigenvalue weighted by atomic mass is 15.2. The van der Waals surface area contributed by atoms with Crippen molar-refractivity contribution in [1.82, 2.24) is 24.9 Å². The SMILES string of the molecule is c1ccn2ncc(Nc3cncc(N[C@@H]4CCNC4)n3)c2c1. The minimum Gasteiger partial charge on any atom is -0.365 e. The largest absolute Gasteiger partial charge is 0.365 e. The van der Waals surface area contributed by atoms with E-state index >= 15 is 0 Å². The number of anilines is 3. The zero-order chi connectivity index (χ0) is 14.8. The molecule has 1 saturated heterocycles. The molecule has 4 rings (SSSR count). The topological polar surface area (TPSA) is 79.2 Å². The van der Waals surface area contributed by atoms with Gasteiger partial charge in [0.2, 0.25) is 0 Å². The van der Waals surface area contributed by atoms with Crippen LogP contribution in [0.1, 0.15) is 6.42 Å². The first-order valence-electron chi connectivity index (χ1n) is 7.37. The standard InChI is InChI=1S/C15H17N7/c1-2-6-22-13(3-1)12(8-18-22)20-15-10-17-9-14(21-15)19-11-4-5-16-7-11/h1-3,6,8-11,16H,4-5,7H2,(H2,19,20,21)/t11-/m1/s1. The Hall–Kier alpha value is -2.67. The summed E-state index contributed by atoms with van der Waals surface area (Å²) in [4.78, 5) is 8.82. The Morgan fingerprint density at radius 1 is 1.18 bits per heavy atom. The Bertz CT molecular complexity index is 776. The summed E-state index contributed by atoms with van der Waals surface area (Å²) >= 11 is 0. The van der Waals surface area contributed by atoms with Crippen LogP contribution in [0.4, 0.5) is 17.3 Å². The molecule has 112 valence electrons. The average molecular weight is 295 g/mol. The van der Waals surface area contributed by atoms with Crippen molar-refractivity contribution in [3.8, 4) is 0 Å². The maximum absolute atomic E-state index is 4.57. The number of nitrogens with zero attached hydrogens (tertiary/aromatic N) is 4. The summed E-state index contributed by atoms with van der Waals surface area (Å²) in [6.07, 6.45) is 8.27. The van der Waals surface area contributed by atoms with Crippen molar-refractivity contribution in [3.63, 3.8) is 0 Å². The lowest BCUT2D eigenvalue weighted by Crippen LogP contribution is -2.22. The molecule has 3 N–H and O–H groups in total. The second-order valence-corrected chi connectivity index (χ2v) is 5.34. The molecular formula is C15H17N7. The first kappa shape index (κ1) is 13.0. The van der Waals surface area contributed by atoms with Crippen LogP contribution in [0.5, 0.6) is 0 Å². The number of pyridine rings is 1. The summed E-state index contributed by atoms with van der Waals surface area (Å²) in [6.45, 7) is 2.01. The van der Waals surface area contributed by atoms with Gasteiger partial charge in [-0.2, -0.15) is 5.10 Å². The zero-order valence-corrected chi connectivity index (χ0v) is 12.0. The van der Waals surface area contributed by atoms with Gasteiger partial charge >= 0.3 is 0 Å². The molecule has 0 aliphatic carbocycles. The highest BCUT2D eigenvalue weighted by Crippen LogP contribution is 2.20. The van der Waals surface area contributed by atoms with E-state index in [2.05, 4.69) is 31.0 Å². The lowest BCUT2D eigenvalue weighted by molar-refractivity contribution is 0.787. The molecule has 7 heteroatoms. The van der Waals surface area contributed by atoms with E-state index < -0.39 is 0 Å². The second kappa shape index (κ2) is 5.61. The summed E-state index contributed by atoms with van der Waals surface area (Å²) in [7, 11) is 0. The van der Waals surface area contributed by atoms with Crippen LogP contribution >= 0.6 is 0 Å². The molecular weight excluding hydrogens is 278 g/mol. The molecule has 0 bridgehead atoms. The fourth-order valence-electron chi connectivity index (χ4n) is 2.65. The molecule has 3 aromatic heterocycles. The summed E-state index contributed by atoms with van der Waals surface area (Å²) < 4.78 is 1.82. The van der Waals surface area contributed by atoms with Crippen LogP contribution in [-0.2, 0) is 0 Å². The van der Waals surface area contributed by atoms with E-state index in [0.29, 0.717) is 11.9 Å². The monoisotopic (exact) mass is 295 g/mol. The number of rotatable bonds is 4. The van der Waals surface area contributed by atoms with Crippen molar-refractivity contribution in [2.45, 2.75) is 12.5 Å². The van der Waals surface area contributed by atoms with Gasteiger partial charge in [-0.15, -0.1) is 0 Å². The lowest BCUT2D eigenvalue weighted by Gasteiger charge is -2.12. The third-order valence-electron chi connectivity index (χ3n) is 3.74. The van der Waals surface area contributed by atoms with Gasteiger partial charge in [-0.3, -0.25) is 4.98 Å². The van der Waals surface area contributed by atoms with Crippen LogP contribution < -0.4 is 16.0 Å². The fraction of sp³-hybridized carbons (Fsp3) is 0.267. The normalized spacial score (nSPS) is 17.7. The van der Waals surface area contributed by atoms with Crippen molar-refractivity contribution >= 4 is 22.8 Å². The Kier molecular flexibility index (Phi) is 3.32. The summed E-state index contributed by atoms with van der Waals surface area (Å²) in [5.74, 6) is 1.49. The molecule has 0 unspecified atom stereocenters. The smallest absolute Gasteiger partial charge is 0.151 e. The molecule has 0 spiro atoms. The molecule has 0 radical (unpaired) electrons. The van der Waals surface area contributed by atoms with E-state index in [1.807, 2.05) is 28.9 Å². The number of hydrogen-bond acceptors (Lipinski definition) is 6. The van der Waals surface area contributed by atoms with Crippen LogP contribution in [-0.4, -0.2) is 38.7 Å². The molecule has 1 aliphatic rings. The molecule has 0 aromatic carbocycles. The van der Waals surface area contributed by atoms with Gasteiger partial charge in [0.1, 0.15) is 5.82 Å². The molecule has 0 amide bonds. The van der Waals surface area contributed by atoms with Gasteiger partial charge in [0.05, 0.1) is 29.8 Å². The first-order chi connectivity index (χ1) is 10.9. The lowest BCUT2D eigenvalue weighted by atomic mass is 10.3. The average Bonchev–Trinajstić information content (AvgIpc) is 3.18. The van der Waals surface area contributed by atoms with Gasteiger partial charge in [0, 0.05) is 18.8 Å². The maximum Gasteiger partial charge on any atom is 0.151 e. The molecule has 22 heavy (non-hydrogen) atoms. The van der Waals surface area contributed by atoms with Crippen LogP contribution in [0, 0.1) is 0 Å². The second-order valence-electron chi connectivity index (χ2n) is 5.34. The number of hydrogen-bond donors (Lipinski definition) is 3. The number of fused-ring (bicyclic) bond motifs is 1. The van der Waals surface area contributed by atoms with Crippen molar-refractivity contribution in [2.24, 2.45) is 0 Å². The molecule has 7 nitrogen and oxygen atoms in total. The van der Waals surface area contributed by atoms with E-state index in [0.717, 1.165) is 36.5 Å². The molecule has 3 aromatic rings. The predicted molar refractivity (Wildman–Crippen MR) is 85.4 cm³/mol. The summed E-state index contributed by atoms with van der Waals surface area (Å²) in [5, 5.41) is 14.3. The maximum atomic E-state index is 4.57. The van der Waals surface area contributed by atoms with Gasteiger partial charge in [0.15, 0.2) is 5.82 Å². The third-order valence-corrected chi connectivity index (χ3v) is 3.74. The minimum atomic E-state index is 0.418. The third kappa shape index (κ3) is 2.58. The minimum absolute atomic E-state index is 0.418. The van der Waals surface area contributed by atoms with E-state index in [9.17, 15) is 0 Å². The Balaban J connectivity index is 1.55. The summed E-state index contributed by atoms with van der Waals surface area (Å²) in [6, 6.07) is 6.36. The molecule has 0 saturated carbocycles. The molecule has 1 atom stereocenters. The quantitative estimate of drug-likeness (QED) is 0.679. The van der Waals surface area contributed by atoms with Crippen molar-refractivity contribution < 1.29 is 0 Å². The van der Waals surface area contributed by atoms with Crippen molar-refractivity contribution in [3.05, 3.63) is 43.0 Å². The van der Waals surface area contributed by atoms with E-state index in [-0.39, 0.29) is 0 Å². The van der Waals surface area contributed by atoms with E-state index in [1.165, 1.54) is 0 Å². The highest BCUT2D eigenvalue weighted by Gasteiger charge is 2.14. The zero-order valence-electron chi connectivity index (χ0n) is 12.0. The molecule has 1 fully saturated rings. The Morgan fingerprint density at radius 2 is 2.14 bits per heavy atom. The highest BCUT2D eigenvalue weighted by molar-refractivity contribution is 5.75. The first-order valence-corrected chi connectivity index (χ1v) is 7.37. The van der Waals surface area contributed by atoms with Gasteiger partial charge in [-0.25, -0.2) is 9.50 Å². The van der Waals surface area contributed by atoms with Crippen LogP contribution in [0.15, 0.2) is 43.0 Å². The Labute approximate surface area is 127 Å². The van der Waals surface area contributed by atoms with E-state index in [4.69, 9.17) is 0 Å². The fourth-order valence-corrected chi connectivity index (χ4v) is 2.65. The van der Waals surface area contributed by atoms with Crippen molar-refractivity contribution in [2.75, 3.05) is 23.7 Å². The van der Waals surface area contributed by atoms with Gasteiger partial charge in [0.25, 0.3) is 0 Å². The van der Waals surface area contributed by atoms with Crippen LogP contribution in [0.2, 0.25) is 0 Å². The molecule has 4 heterocycles. The number of aromatic nitrogens is 4. The number of nitrogens with one attached hydrogen (secondary N) is 3.